The number of ether oxygens (including phenoxy) is 1. The molecule has 0 saturated heterocycles. The van der Waals surface area contributed by atoms with Gasteiger partial charge in [0.25, 0.3) is 5.91 Å². The highest BCUT2D eigenvalue weighted by molar-refractivity contribution is 7.90. The van der Waals surface area contributed by atoms with Gasteiger partial charge >= 0.3 is 0 Å². The Balaban J connectivity index is 1.90. The van der Waals surface area contributed by atoms with Gasteiger partial charge in [-0.2, -0.15) is 0 Å². The number of amides is 1. The minimum Gasteiger partial charge on any atom is -0.481 e. The first-order valence-corrected chi connectivity index (χ1v) is 9.52. The third kappa shape index (κ3) is 4.73. The first-order chi connectivity index (χ1) is 10.4. The van der Waals surface area contributed by atoms with Crippen molar-refractivity contribution in [2.75, 3.05) is 6.26 Å². The summed E-state index contributed by atoms with van der Waals surface area (Å²) in [7, 11) is -3.22. The van der Waals surface area contributed by atoms with Gasteiger partial charge in [0.1, 0.15) is 5.75 Å². The minimum absolute atomic E-state index is 0.126. The lowest BCUT2D eigenvalue weighted by Gasteiger charge is -2.24. The number of benzene rings is 1. The van der Waals surface area contributed by atoms with E-state index in [1.165, 1.54) is 18.6 Å². The third-order valence-electron chi connectivity index (χ3n) is 3.89. The van der Waals surface area contributed by atoms with Crippen LogP contribution in [0.2, 0.25) is 0 Å². The summed E-state index contributed by atoms with van der Waals surface area (Å²) in [6.07, 6.45) is 6.17. The molecule has 1 amide bonds. The van der Waals surface area contributed by atoms with Crippen molar-refractivity contribution in [2.45, 2.75) is 56.1 Å². The van der Waals surface area contributed by atoms with Crippen LogP contribution in [0.1, 0.15) is 39.0 Å². The fourth-order valence-electron chi connectivity index (χ4n) is 2.59. The van der Waals surface area contributed by atoms with Crippen LogP contribution in [0.5, 0.6) is 5.75 Å². The Morgan fingerprint density at radius 2 is 1.77 bits per heavy atom. The molecule has 0 aliphatic heterocycles. The number of sulfone groups is 1. The van der Waals surface area contributed by atoms with Crippen molar-refractivity contribution in [1.29, 1.82) is 0 Å². The van der Waals surface area contributed by atoms with Crippen molar-refractivity contribution >= 4 is 15.7 Å². The Morgan fingerprint density at radius 1 is 1.18 bits per heavy atom. The summed E-state index contributed by atoms with van der Waals surface area (Å²) in [5, 5.41) is 3.01. The molecule has 1 saturated carbocycles. The molecule has 6 heteroatoms. The summed E-state index contributed by atoms with van der Waals surface area (Å²) in [6.45, 7) is 1.70. The van der Waals surface area contributed by atoms with Crippen LogP contribution in [0.4, 0.5) is 0 Å². The molecular weight excluding hydrogens is 302 g/mol. The molecule has 1 N–H and O–H groups in total. The second-order valence-corrected chi connectivity index (χ2v) is 7.86. The van der Waals surface area contributed by atoms with Gasteiger partial charge in [0.05, 0.1) is 4.90 Å². The summed E-state index contributed by atoms with van der Waals surface area (Å²) >= 11 is 0. The second-order valence-electron chi connectivity index (χ2n) is 5.85. The van der Waals surface area contributed by atoms with Crippen molar-refractivity contribution in [3.05, 3.63) is 24.3 Å². The smallest absolute Gasteiger partial charge is 0.260 e. The number of carbonyl (C=O) groups is 1. The average molecular weight is 325 g/mol. The predicted molar refractivity (Wildman–Crippen MR) is 84.7 cm³/mol. The van der Waals surface area contributed by atoms with Crippen LogP contribution < -0.4 is 10.1 Å². The van der Waals surface area contributed by atoms with Gasteiger partial charge in [0, 0.05) is 12.3 Å². The highest BCUT2D eigenvalue weighted by Gasteiger charge is 2.20. The predicted octanol–water partition coefficient (Wildman–Crippen LogP) is 2.31. The lowest BCUT2D eigenvalue weighted by molar-refractivity contribution is -0.128. The molecule has 5 nitrogen and oxygen atoms in total. The van der Waals surface area contributed by atoms with Gasteiger partial charge in [-0.1, -0.05) is 19.3 Å². The molecule has 0 bridgehead atoms. The molecule has 1 aromatic rings. The SMILES string of the molecule is CC(Oc1ccc(S(C)(=O)=O)cc1)C(=O)NC1CCCCC1. The van der Waals surface area contributed by atoms with Crippen LogP contribution in [-0.2, 0) is 14.6 Å². The Hall–Kier alpha value is -1.56. The van der Waals surface area contributed by atoms with E-state index in [1.807, 2.05) is 0 Å². The molecule has 0 aromatic heterocycles. The Bertz CT molecular complexity index is 604. The molecule has 122 valence electrons. The van der Waals surface area contributed by atoms with E-state index < -0.39 is 15.9 Å². The maximum atomic E-state index is 12.1. The van der Waals surface area contributed by atoms with Crippen molar-refractivity contribution in [1.82, 2.24) is 5.32 Å². The van der Waals surface area contributed by atoms with Crippen LogP contribution in [-0.4, -0.2) is 32.7 Å². The van der Waals surface area contributed by atoms with Gasteiger partial charge in [-0.15, -0.1) is 0 Å². The molecular formula is C16H23NO4S. The van der Waals surface area contributed by atoms with Gasteiger partial charge in [-0.3, -0.25) is 4.79 Å². The van der Waals surface area contributed by atoms with Gasteiger partial charge in [0.15, 0.2) is 15.9 Å². The van der Waals surface area contributed by atoms with E-state index in [-0.39, 0.29) is 16.8 Å². The molecule has 22 heavy (non-hydrogen) atoms. The highest BCUT2D eigenvalue weighted by atomic mass is 32.2. The van der Waals surface area contributed by atoms with E-state index in [1.54, 1.807) is 19.1 Å². The zero-order valence-electron chi connectivity index (χ0n) is 13.0. The van der Waals surface area contributed by atoms with E-state index in [4.69, 9.17) is 4.74 Å². The number of hydrogen-bond donors (Lipinski definition) is 1. The molecule has 0 radical (unpaired) electrons. The molecule has 1 aromatic carbocycles. The molecule has 1 atom stereocenters. The normalized spacial score (nSPS) is 17.7. The molecule has 1 fully saturated rings. The number of carbonyl (C=O) groups excluding carboxylic acids is 1. The summed E-state index contributed by atoms with van der Waals surface area (Å²) in [5.41, 5.74) is 0. The van der Waals surface area contributed by atoms with Gasteiger partial charge in [0.2, 0.25) is 0 Å². The largest absolute Gasteiger partial charge is 0.481 e. The molecule has 0 spiro atoms. The first kappa shape index (κ1) is 16.8. The van der Waals surface area contributed by atoms with Gasteiger partial charge in [-0.05, 0) is 44.0 Å². The third-order valence-corrected chi connectivity index (χ3v) is 5.01. The molecule has 0 heterocycles. The summed E-state index contributed by atoms with van der Waals surface area (Å²) in [5.74, 6) is 0.359. The van der Waals surface area contributed by atoms with Gasteiger partial charge < -0.3 is 10.1 Å². The lowest BCUT2D eigenvalue weighted by Crippen LogP contribution is -2.43. The summed E-state index contributed by atoms with van der Waals surface area (Å²) < 4.78 is 28.4. The minimum atomic E-state index is -3.22. The topological polar surface area (TPSA) is 72.5 Å². The Labute approximate surface area is 132 Å². The second kappa shape index (κ2) is 7.13. The number of hydrogen-bond acceptors (Lipinski definition) is 4. The van der Waals surface area contributed by atoms with Crippen LogP contribution in [0.3, 0.4) is 0 Å². The Kier molecular flexibility index (Phi) is 5.45. The van der Waals surface area contributed by atoms with E-state index in [2.05, 4.69) is 5.32 Å². The molecule has 1 unspecified atom stereocenters. The fourth-order valence-corrected chi connectivity index (χ4v) is 3.22. The van der Waals surface area contributed by atoms with Crippen LogP contribution in [0, 0.1) is 0 Å². The maximum absolute atomic E-state index is 12.1. The maximum Gasteiger partial charge on any atom is 0.260 e. The van der Waals surface area contributed by atoms with Crippen molar-refractivity contribution in [2.24, 2.45) is 0 Å². The summed E-state index contributed by atoms with van der Waals surface area (Å²) in [4.78, 5) is 12.3. The standard InChI is InChI=1S/C16H23NO4S/c1-12(16(18)17-13-6-4-3-5-7-13)21-14-8-10-15(11-9-14)22(2,19)20/h8-13H,3-7H2,1-2H3,(H,17,18). The highest BCUT2D eigenvalue weighted by Crippen LogP contribution is 2.19. The lowest BCUT2D eigenvalue weighted by atomic mass is 9.95. The number of nitrogens with one attached hydrogen (secondary N) is 1. The quantitative estimate of drug-likeness (QED) is 0.901. The van der Waals surface area contributed by atoms with Crippen molar-refractivity contribution in [3.63, 3.8) is 0 Å². The zero-order chi connectivity index (χ0) is 16.2. The molecule has 2 rings (SSSR count). The zero-order valence-corrected chi connectivity index (χ0v) is 13.9. The van der Waals surface area contributed by atoms with E-state index in [9.17, 15) is 13.2 Å². The van der Waals surface area contributed by atoms with Crippen LogP contribution >= 0.6 is 0 Å². The first-order valence-electron chi connectivity index (χ1n) is 7.63. The fraction of sp³-hybridized carbons (Fsp3) is 0.562. The monoisotopic (exact) mass is 325 g/mol. The van der Waals surface area contributed by atoms with Crippen LogP contribution in [0.25, 0.3) is 0 Å². The van der Waals surface area contributed by atoms with Crippen molar-refractivity contribution in [3.8, 4) is 5.75 Å². The van der Waals surface area contributed by atoms with Crippen LogP contribution in [0.15, 0.2) is 29.2 Å². The van der Waals surface area contributed by atoms with E-state index in [0.717, 1.165) is 31.9 Å². The number of rotatable bonds is 5. The van der Waals surface area contributed by atoms with E-state index >= 15 is 0 Å². The average Bonchev–Trinajstić information content (AvgIpc) is 2.48. The molecule has 1 aliphatic carbocycles. The van der Waals surface area contributed by atoms with Gasteiger partial charge in [-0.25, -0.2) is 8.42 Å². The van der Waals surface area contributed by atoms with E-state index in [0.29, 0.717) is 5.75 Å². The summed E-state index contributed by atoms with van der Waals surface area (Å²) in [6, 6.07) is 6.36. The Morgan fingerprint density at radius 3 is 2.32 bits per heavy atom. The molecule has 1 aliphatic rings. The van der Waals surface area contributed by atoms with Crippen molar-refractivity contribution < 1.29 is 17.9 Å².